The van der Waals surface area contributed by atoms with E-state index in [1.54, 1.807) is 24.8 Å². The van der Waals surface area contributed by atoms with Crippen LogP contribution in [0.4, 0.5) is 0 Å². The first-order valence-corrected chi connectivity index (χ1v) is 8.77. The highest BCUT2D eigenvalue weighted by Gasteiger charge is 2.29. The van der Waals surface area contributed by atoms with Gasteiger partial charge in [0.25, 0.3) is 5.91 Å². The molecule has 1 aliphatic heterocycles. The van der Waals surface area contributed by atoms with Crippen LogP contribution in [0.1, 0.15) is 40.5 Å². The molecule has 2 aromatic rings. The molecule has 2 unspecified atom stereocenters. The molecule has 1 fully saturated rings. The topological polar surface area (TPSA) is 71.8 Å². The van der Waals surface area contributed by atoms with Crippen LogP contribution in [0, 0.1) is 13.8 Å². The fraction of sp³-hybridized carbons (Fsp3) is 0.400. The van der Waals surface area contributed by atoms with Gasteiger partial charge >= 0.3 is 0 Å². The van der Waals surface area contributed by atoms with Crippen LogP contribution < -0.4 is 5.32 Å². The Kier molecular flexibility index (Phi) is 5.42. The molecule has 0 saturated carbocycles. The van der Waals surface area contributed by atoms with Crippen LogP contribution in [0.5, 0.6) is 0 Å². The van der Waals surface area contributed by atoms with Crippen molar-refractivity contribution >= 4 is 11.8 Å². The van der Waals surface area contributed by atoms with Crippen molar-refractivity contribution in [1.29, 1.82) is 0 Å². The van der Waals surface area contributed by atoms with E-state index in [4.69, 9.17) is 9.15 Å². The molecule has 138 valence electrons. The maximum atomic E-state index is 12.6. The summed E-state index contributed by atoms with van der Waals surface area (Å²) < 4.78 is 11.3. The van der Waals surface area contributed by atoms with E-state index in [-0.39, 0.29) is 30.6 Å². The molecule has 1 saturated heterocycles. The van der Waals surface area contributed by atoms with E-state index in [9.17, 15) is 9.59 Å². The molecule has 1 aromatic carbocycles. The van der Waals surface area contributed by atoms with Crippen LogP contribution in [0.3, 0.4) is 0 Å². The standard InChI is InChI=1S/C20H24N2O4/c1-13-9-17(15(3)25-13)20(24)21-10-19(23)22-11-14(2)26-18(12-22)16-7-5-4-6-8-16/h4-9,14,18H,10-12H2,1-3H3,(H,21,24). The lowest BCUT2D eigenvalue weighted by Gasteiger charge is -2.37. The first-order valence-electron chi connectivity index (χ1n) is 8.77. The van der Waals surface area contributed by atoms with Crippen LogP contribution >= 0.6 is 0 Å². The van der Waals surface area contributed by atoms with Crippen LogP contribution in [0.25, 0.3) is 0 Å². The minimum absolute atomic E-state index is 0.0449. The molecule has 0 aliphatic carbocycles. The van der Waals surface area contributed by atoms with Gasteiger partial charge in [-0.3, -0.25) is 9.59 Å². The monoisotopic (exact) mass is 356 g/mol. The Labute approximate surface area is 153 Å². The van der Waals surface area contributed by atoms with Gasteiger partial charge in [0.1, 0.15) is 17.6 Å². The number of nitrogens with one attached hydrogen (secondary N) is 1. The number of aryl methyl sites for hydroxylation is 2. The summed E-state index contributed by atoms with van der Waals surface area (Å²) in [6.07, 6.45) is -0.217. The van der Waals surface area contributed by atoms with E-state index >= 15 is 0 Å². The van der Waals surface area contributed by atoms with Crippen LogP contribution in [0.2, 0.25) is 0 Å². The van der Waals surface area contributed by atoms with Crippen molar-refractivity contribution in [2.75, 3.05) is 19.6 Å². The van der Waals surface area contributed by atoms with E-state index in [1.165, 1.54) is 0 Å². The van der Waals surface area contributed by atoms with Gasteiger partial charge in [-0.2, -0.15) is 0 Å². The first-order chi connectivity index (χ1) is 12.4. The number of carbonyl (C=O) groups excluding carboxylic acids is 2. The predicted octanol–water partition coefficient (Wildman–Crippen LogP) is 2.61. The third kappa shape index (κ3) is 4.14. The summed E-state index contributed by atoms with van der Waals surface area (Å²) in [5.74, 6) is 0.809. The van der Waals surface area contributed by atoms with Gasteiger partial charge in [-0.25, -0.2) is 0 Å². The molecular weight excluding hydrogens is 332 g/mol. The molecule has 2 heterocycles. The predicted molar refractivity (Wildman–Crippen MR) is 96.8 cm³/mol. The van der Waals surface area contributed by atoms with Crippen molar-refractivity contribution < 1.29 is 18.7 Å². The smallest absolute Gasteiger partial charge is 0.255 e. The number of nitrogens with zero attached hydrogens (tertiary/aromatic N) is 1. The van der Waals surface area contributed by atoms with Gasteiger partial charge < -0.3 is 19.4 Å². The minimum atomic E-state index is -0.298. The zero-order chi connectivity index (χ0) is 18.7. The van der Waals surface area contributed by atoms with E-state index in [2.05, 4.69) is 5.32 Å². The number of benzene rings is 1. The zero-order valence-corrected chi connectivity index (χ0v) is 15.3. The highest BCUT2D eigenvalue weighted by Crippen LogP contribution is 2.25. The largest absolute Gasteiger partial charge is 0.466 e. The van der Waals surface area contributed by atoms with Crippen LogP contribution in [-0.4, -0.2) is 42.5 Å². The lowest BCUT2D eigenvalue weighted by Crippen LogP contribution is -2.49. The quantitative estimate of drug-likeness (QED) is 0.914. The Balaban J connectivity index is 1.60. The molecule has 3 rings (SSSR count). The number of furan rings is 1. The van der Waals surface area contributed by atoms with Crippen molar-refractivity contribution in [3.8, 4) is 0 Å². The molecule has 0 radical (unpaired) electrons. The average Bonchev–Trinajstić information content (AvgIpc) is 2.98. The van der Waals surface area contributed by atoms with Crippen LogP contribution in [0.15, 0.2) is 40.8 Å². The number of carbonyl (C=O) groups is 2. The van der Waals surface area contributed by atoms with Crippen LogP contribution in [-0.2, 0) is 9.53 Å². The highest BCUT2D eigenvalue weighted by atomic mass is 16.5. The van der Waals surface area contributed by atoms with Gasteiger partial charge in [-0.1, -0.05) is 30.3 Å². The van der Waals surface area contributed by atoms with E-state index in [0.29, 0.717) is 30.2 Å². The van der Waals surface area contributed by atoms with Gasteiger partial charge in [0, 0.05) is 6.54 Å². The normalized spacial score (nSPS) is 20.0. The van der Waals surface area contributed by atoms with Gasteiger partial charge in [0.15, 0.2) is 0 Å². The molecule has 2 atom stereocenters. The SMILES string of the molecule is Cc1cc(C(=O)NCC(=O)N2CC(C)OC(c3ccccc3)C2)c(C)o1. The lowest BCUT2D eigenvalue weighted by atomic mass is 10.1. The van der Waals surface area contributed by atoms with Crippen molar-refractivity contribution in [2.24, 2.45) is 0 Å². The van der Waals surface area contributed by atoms with Crippen molar-refractivity contribution in [2.45, 2.75) is 33.0 Å². The number of hydrogen-bond donors (Lipinski definition) is 1. The molecule has 1 N–H and O–H groups in total. The highest BCUT2D eigenvalue weighted by molar-refractivity contribution is 5.97. The van der Waals surface area contributed by atoms with Gasteiger partial charge in [-0.05, 0) is 32.4 Å². The first kappa shape index (κ1) is 18.2. The second-order valence-electron chi connectivity index (χ2n) is 6.65. The Hall–Kier alpha value is -2.60. The number of rotatable bonds is 4. The van der Waals surface area contributed by atoms with Crippen molar-refractivity contribution in [3.63, 3.8) is 0 Å². The molecule has 2 amide bonds. The molecular formula is C20H24N2O4. The fourth-order valence-corrected chi connectivity index (χ4v) is 3.23. The lowest BCUT2D eigenvalue weighted by molar-refractivity contribution is -0.143. The third-order valence-electron chi connectivity index (χ3n) is 4.47. The summed E-state index contributed by atoms with van der Waals surface area (Å²) in [6.45, 7) is 6.42. The summed E-state index contributed by atoms with van der Waals surface area (Å²) in [6, 6.07) is 11.5. The number of hydrogen-bond acceptors (Lipinski definition) is 4. The van der Waals surface area contributed by atoms with E-state index in [1.807, 2.05) is 37.3 Å². The second kappa shape index (κ2) is 7.74. The Morgan fingerprint density at radius 1 is 1.19 bits per heavy atom. The van der Waals surface area contributed by atoms with Crippen molar-refractivity contribution in [3.05, 3.63) is 59.0 Å². The Morgan fingerprint density at radius 2 is 1.92 bits per heavy atom. The Bertz CT molecular complexity index is 784. The Morgan fingerprint density at radius 3 is 2.58 bits per heavy atom. The minimum Gasteiger partial charge on any atom is -0.466 e. The van der Waals surface area contributed by atoms with Gasteiger partial charge in [0.05, 0.1) is 24.8 Å². The summed E-state index contributed by atoms with van der Waals surface area (Å²) in [5, 5.41) is 2.69. The maximum absolute atomic E-state index is 12.6. The molecule has 0 spiro atoms. The van der Waals surface area contributed by atoms with Crippen molar-refractivity contribution in [1.82, 2.24) is 10.2 Å². The summed E-state index contributed by atoms with van der Waals surface area (Å²) in [7, 11) is 0. The molecule has 1 aliphatic rings. The number of ether oxygens (including phenoxy) is 1. The van der Waals surface area contributed by atoms with Gasteiger partial charge in [0.2, 0.25) is 5.91 Å². The average molecular weight is 356 g/mol. The molecule has 6 heteroatoms. The second-order valence-corrected chi connectivity index (χ2v) is 6.65. The summed E-state index contributed by atoms with van der Waals surface area (Å²) in [4.78, 5) is 26.6. The van der Waals surface area contributed by atoms with E-state index < -0.39 is 0 Å². The van der Waals surface area contributed by atoms with E-state index in [0.717, 1.165) is 5.56 Å². The summed E-state index contributed by atoms with van der Waals surface area (Å²) >= 11 is 0. The molecule has 0 bridgehead atoms. The zero-order valence-electron chi connectivity index (χ0n) is 15.3. The van der Waals surface area contributed by atoms with Gasteiger partial charge in [-0.15, -0.1) is 0 Å². The number of amides is 2. The molecule has 1 aromatic heterocycles. The fourth-order valence-electron chi connectivity index (χ4n) is 3.23. The summed E-state index contributed by atoms with van der Waals surface area (Å²) in [5.41, 5.74) is 1.51. The maximum Gasteiger partial charge on any atom is 0.255 e. The number of morpholine rings is 1. The molecule has 6 nitrogen and oxygen atoms in total. The molecule has 26 heavy (non-hydrogen) atoms. The third-order valence-corrected chi connectivity index (χ3v) is 4.47.